The lowest BCUT2D eigenvalue weighted by molar-refractivity contribution is -0.121. The first-order valence-electron chi connectivity index (χ1n) is 6.74. The molecule has 1 N–H and O–H groups in total. The van der Waals surface area contributed by atoms with E-state index in [0.29, 0.717) is 11.4 Å². The van der Waals surface area contributed by atoms with Gasteiger partial charge in [-0.05, 0) is 36.6 Å². The number of amides is 1. The van der Waals surface area contributed by atoms with Gasteiger partial charge in [-0.1, -0.05) is 54.1 Å². The molecular formula is C17H18ClNO. The summed E-state index contributed by atoms with van der Waals surface area (Å²) in [6, 6.07) is 17.6. The minimum Gasteiger partial charge on any atom is -0.350 e. The van der Waals surface area contributed by atoms with Crippen molar-refractivity contribution in [2.45, 2.75) is 25.8 Å². The molecule has 3 heteroatoms. The lowest BCUT2D eigenvalue weighted by Crippen LogP contribution is -2.26. The summed E-state index contributed by atoms with van der Waals surface area (Å²) < 4.78 is 0. The number of benzene rings is 2. The number of aryl methyl sites for hydroxylation is 1. The third kappa shape index (κ3) is 4.39. The normalized spacial score (nSPS) is 11.9. The second-order valence-electron chi connectivity index (χ2n) is 4.83. The monoisotopic (exact) mass is 287 g/mol. The zero-order valence-corrected chi connectivity index (χ0v) is 12.2. The maximum absolute atomic E-state index is 11.9. The molecule has 2 aromatic rings. The predicted octanol–water partition coefficient (Wildman–Crippen LogP) is 4.15. The quantitative estimate of drug-likeness (QED) is 0.879. The smallest absolute Gasteiger partial charge is 0.220 e. The molecule has 1 amide bonds. The third-order valence-corrected chi connectivity index (χ3v) is 3.48. The van der Waals surface area contributed by atoms with Gasteiger partial charge in [0.25, 0.3) is 0 Å². The molecule has 0 aromatic heterocycles. The lowest BCUT2D eigenvalue weighted by atomic mass is 10.1. The maximum atomic E-state index is 11.9. The molecule has 0 aliphatic rings. The molecule has 0 fully saturated rings. The van der Waals surface area contributed by atoms with Crippen LogP contribution in [0.1, 0.15) is 30.5 Å². The first-order valence-corrected chi connectivity index (χ1v) is 7.11. The maximum Gasteiger partial charge on any atom is 0.220 e. The number of nitrogens with one attached hydrogen (secondary N) is 1. The fourth-order valence-corrected chi connectivity index (χ4v) is 2.18. The van der Waals surface area contributed by atoms with E-state index in [1.807, 2.05) is 61.5 Å². The molecule has 2 rings (SSSR count). The number of halogens is 1. The summed E-state index contributed by atoms with van der Waals surface area (Å²) in [5.41, 5.74) is 2.24. The summed E-state index contributed by atoms with van der Waals surface area (Å²) in [4.78, 5) is 11.9. The van der Waals surface area contributed by atoms with Crippen molar-refractivity contribution < 1.29 is 4.79 Å². The van der Waals surface area contributed by atoms with Crippen molar-refractivity contribution in [3.05, 3.63) is 70.7 Å². The van der Waals surface area contributed by atoms with Gasteiger partial charge in [-0.2, -0.15) is 0 Å². The molecule has 0 spiro atoms. The highest BCUT2D eigenvalue weighted by Crippen LogP contribution is 2.16. The molecule has 104 valence electrons. The van der Waals surface area contributed by atoms with Crippen LogP contribution in [0, 0.1) is 0 Å². The van der Waals surface area contributed by atoms with E-state index in [2.05, 4.69) is 5.32 Å². The van der Waals surface area contributed by atoms with Crippen LogP contribution in [0.25, 0.3) is 0 Å². The van der Waals surface area contributed by atoms with Crippen LogP contribution in [-0.2, 0) is 11.2 Å². The Morgan fingerprint density at radius 1 is 1.10 bits per heavy atom. The Balaban J connectivity index is 1.83. The average Bonchev–Trinajstić information content (AvgIpc) is 2.47. The minimum atomic E-state index is -0.00413. The highest BCUT2D eigenvalue weighted by atomic mass is 35.5. The van der Waals surface area contributed by atoms with Gasteiger partial charge in [0.2, 0.25) is 5.91 Å². The van der Waals surface area contributed by atoms with Gasteiger partial charge in [0, 0.05) is 11.4 Å². The van der Waals surface area contributed by atoms with Crippen LogP contribution in [-0.4, -0.2) is 5.91 Å². The zero-order chi connectivity index (χ0) is 14.4. The Morgan fingerprint density at radius 3 is 2.40 bits per heavy atom. The van der Waals surface area contributed by atoms with Crippen molar-refractivity contribution in [2.75, 3.05) is 0 Å². The van der Waals surface area contributed by atoms with Gasteiger partial charge in [-0.3, -0.25) is 4.79 Å². The predicted molar refractivity (Wildman–Crippen MR) is 82.8 cm³/mol. The van der Waals surface area contributed by atoms with Crippen LogP contribution < -0.4 is 5.32 Å². The van der Waals surface area contributed by atoms with Gasteiger partial charge in [0.1, 0.15) is 0 Å². The van der Waals surface area contributed by atoms with Gasteiger partial charge in [0.15, 0.2) is 0 Å². The van der Waals surface area contributed by atoms with E-state index < -0.39 is 0 Å². The molecule has 0 radical (unpaired) electrons. The summed E-state index contributed by atoms with van der Waals surface area (Å²) in [7, 11) is 0. The van der Waals surface area contributed by atoms with Gasteiger partial charge >= 0.3 is 0 Å². The number of rotatable bonds is 5. The molecule has 2 aromatic carbocycles. The van der Waals surface area contributed by atoms with E-state index in [9.17, 15) is 4.79 Å². The molecule has 0 aliphatic carbocycles. The van der Waals surface area contributed by atoms with Crippen molar-refractivity contribution in [2.24, 2.45) is 0 Å². The largest absolute Gasteiger partial charge is 0.350 e. The van der Waals surface area contributed by atoms with Crippen molar-refractivity contribution in [3.63, 3.8) is 0 Å². The van der Waals surface area contributed by atoms with Crippen LogP contribution in [0.3, 0.4) is 0 Å². The first kappa shape index (κ1) is 14.6. The number of carbonyl (C=O) groups is 1. The van der Waals surface area contributed by atoms with Gasteiger partial charge in [0.05, 0.1) is 6.04 Å². The number of hydrogen-bond acceptors (Lipinski definition) is 1. The van der Waals surface area contributed by atoms with E-state index in [4.69, 9.17) is 11.6 Å². The van der Waals surface area contributed by atoms with Crippen molar-refractivity contribution in [1.82, 2.24) is 5.32 Å². The highest BCUT2D eigenvalue weighted by molar-refractivity contribution is 6.30. The molecular weight excluding hydrogens is 270 g/mol. The summed E-state index contributed by atoms with van der Waals surface area (Å²) in [5.74, 6) is 0.0660. The Morgan fingerprint density at radius 2 is 1.75 bits per heavy atom. The SMILES string of the molecule is C[C@H](NC(=O)CCc1ccccc1)c1ccc(Cl)cc1. The second kappa shape index (κ2) is 7.11. The van der Waals surface area contributed by atoms with Gasteiger partial charge < -0.3 is 5.32 Å². The zero-order valence-electron chi connectivity index (χ0n) is 11.5. The molecule has 2 nitrogen and oxygen atoms in total. The number of carbonyl (C=O) groups excluding carboxylic acids is 1. The van der Waals surface area contributed by atoms with E-state index in [1.165, 1.54) is 5.56 Å². The topological polar surface area (TPSA) is 29.1 Å². The Bertz CT molecular complexity index is 551. The Hall–Kier alpha value is -1.80. The van der Waals surface area contributed by atoms with Crippen LogP contribution >= 0.6 is 11.6 Å². The molecule has 0 heterocycles. The summed E-state index contributed by atoms with van der Waals surface area (Å²) in [6.45, 7) is 1.98. The fourth-order valence-electron chi connectivity index (χ4n) is 2.05. The van der Waals surface area contributed by atoms with Crippen molar-refractivity contribution in [3.8, 4) is 0 Å². The second-order valence-corrected chi connectivity index (χ2v) is 5.26. The van der Waals surface area contributed by atoms with Gasteiger partial charge in [-0.15, -0.1) is 0 Å². The fraction of sp³-hybridized carbons (Fsp3) is 0.235. The Kier molecular flexibility index (Phi) is 5.19. The molecule has 0 saturated carbocycles. The van der Waals surface area contributed by atoms with E-state index >= 15 is 0 Å². The van der Waals surface area contributed by atoms with E-state index in [1.54, 1.807) is 0 Å². The number of hydrogen-bond donors (Lipinski definition) is 1. The lowest BCUT2D eigenvalue weighted by Gasteiger charge is -2.14. The molecule has 0 unspecified atom stereocenters. The van der Waals surface area contributed by atoms with Crippen molar-refractivity contribution >= 4 is 17.5 Å². The van der Waals surface area contributed by atoms with Gasteiger partial charge in [-0.25, -0.2) is 0 Å². The van der Waals surface area contributed by atoms with Crippen LogP contribution in [0.2, 0.25) is 5.02 Å². The summed E-state index contributed by atoms with van der Waals surface area (Å²) >= 11 is 5.85. The van der Waals surface area contributed by atoms with E-state index in [0.717, 1.165) is 12.0 Å². The Labute approximate surface area is 124 Å². The van der Waals surface area contributed by atoms with Crippen LogP contribution in [0.4, 0.5) is 0 Å². The highest BCUT2D eigenvalue weighted by Gasteiger charge is 2.09. The summed E-state index contributed by atoms with van der Waals surface area (Å²) in [5, 5.41) is 3.71. The molecule has 20 heavy (non-hydrogen) atoms. The van der Waals surface area contributed by atoms with Crippen LogP contribution in [0.5, 0.6) is 0 Å². The summed E-state index contributed by atoms with van der Waals surface area (Å²) in [6.07, 6.45) is 1.27. The van der Waals surface area contributed by atoms with E-state index in [-0.39, 0.29) is 11.9 Å². The standard InChI is InChI=1S/C17H18ClNO/c1-13(15-8-10-16(18)11-9-15)19-17(20)12-7-14-5-3-2-4-6-14/h2-6,8-11,13H,7,12H2,1H3,(H,19,20)/t13-/m0/s1. The van der Waals surface area contributed by atoms with Crippen molar-refractivity contribution in [1.29, 1.82) is 0 Å². The third-order valence-electron chi connectivity index (χ3n) is 3.23. The average molecular weight is 288 g/mol. The first-order chi connectivity index (χ1) is 9.65. The van der Waals surface area contributed by atoms with Crippen LogP contribution in [0.15, 0.2) is 54.6 Å². The molecule has 0 bridgehead atoms. The molecule has 0 aliphatic heterocycles. The minimum absolute atomic E-state index is 0.00413. The molecule has 0 saturated heterocycles. The molecule has 1 atom stereocenters.